The van der Waals surface area contributed by atoms with Crippen LogP contribution in [0.3, 0.4) is 0 Å². The predicted molar refractivity (Wildman–Crippen MR) is 90.9 cm³/mol. The van der Waals surface area contributed by atoms with Gasteiger partial charge in [-0.2, -0.15) is 0 Å². The average Bonchev–Trinajstić information content (AvgIpc) is 2.41. The first-order chi connectivity index (χ1) is 9.92. The Morgan fingerprint density at radius 1 is 1.00 bits per heavy atom. The van der Waals surface area contributed by atoms with E-state index in [1.165, 1.54) is 22.3 Å². The van der Waals surface area contributed by atoms with Crippen LogP contribution in [0.4, 0.5) is 0 Å². The lowest BCUT2D eigenvalue weighted by atomic mass is 9.92. The number of hydrogen-bond donors (Lipinski definition) is 2. The van der Waals surface area contributed by atoms with Gasteiger partial charge in [0.25, 0.3) is 0 Å². The van der Waals surface area contributed by atoms with Gasteiger partial charge < -0.3 is 0 Å². The number of halogens is 2. The second-order valence-electron chi connectivity index (χ2n) is 5.47. The largest absolute Gasteiger partial charge is 0.271 e. The summed E-state index contributed by atoms with van der Waals surface area (Å²) in [5.41, 5.74) is 9.08. The molecule has 2 nitrogen and oxygen atoms in total. The van der Waals surface area contributed by atoms with Crippen LogP contribution in [0.5, 0.6) is 0 Å². The van der Waals surface area contributed by atoms with Gasteiger partial charge in [0.2, 0.25) is 0 Å². The number of hydrogen-bond acceptors (Lipinski definition) is 2. The smallest absolute Gasteiger partial charge is 0.0595 e. The van der Waals surface area contributed by atoms with E-state index in [1.54, 1.807) is 6.07 Å². The minimum absolute atomic E-state index is 0.000118. The fourth-order valence-corrected chi connectivity index (χ4v) is 3.04. The van der Waals surface area contributed by atoms with Crippen molar-refractivity contribution in [2.75, 3.05) is 0 Å². The van der Waals surface area contributed by atoms with E-state index in [4.69, 9.17) is 29.0 Å². The first kappa shape index (κ1) is 16.3. The second-order valence-corrected chi connectivity index (χ2v) is 6.29. The predicted octanol–water partition coefficient (Wildman–Crippen LogP) is 4.67. The summed E-state index contributed by atoms with van der Waals surface area (Å²) < 4.78 is 0. The van der Waals surface area contributed by atoms with Crippen molar-refractivity contribution in [1.29, 1.82) is 0 Å². The molecule has 1 unspecified atom stereocenters. The fourth-order valence-electron chi connectivity index (χ4n) is 2.74. The number of nitrogens with one attached hydrogen (secondary N) is 1. The molecule has 0 amide bonds. The molecule has 112 valence electrons. The Hall–Kier alpha value is -1.06. The average molecular weight is 323 g/mol. The Morgan fingerprint density at radius 2 is 1.62 bits per heavy atom. The highest BCUT2D eigenvalue weighted by molar-refractivity contribution is 6.42. The molecule has 0 aliphatic carbocycles. The van der Waals surface area contributed by atoms with Gasteiger partial charge in [-0.3, -0.25) is 11.3 Å². The van der Waals surface area contributed by atoms with Crippen LogP contribution in [0.15, 0.2) is 30.3 Å². The molecule has 0 fully saturated rings. The summed E-state index contributed by atoms with van der Waals surface area (Å²) in [6, 6.07) is 10.0. The Morgan fingerprint density at radius 3 is 2.14 bits per heavy atom. The van der Waals surface area contributed by atoms with Crippen molar-refractivity contribution in [3.05, 3.63) is 68.2 Å². The Kier molecular flexibility index (Phi) is 5.28. The summed E-state index contributed by atoms with van der Waals surface area (Å²) in [5.74, 6) is 5.74. The topological polar surface area (TPSA) is 38.0 Å². The van der Waals surface area contributed by atoms with Crippen molar-refractivity contribution in [3.63, 3.8) is 0 Å². The number of nitrogens with two attached hydrogens (primary N) is 1. The van der Waals surface area contributed by atoms with Crippen molar-refractivity contribution in [2.24, 2.45) is 5.84 Å². The van der Waals surface area contributed by atoms with E-state index < -0.39 is 0 Å². The molecule has 0 bridgehead atoms. The summed E-state index contributed by atoms with van der Waals surface area (Å²) >= 11 is 12.1. The molecule has 2 rings (SSSR count). The third-order valence-electron chi connectivity index (χ3n) is 3.80. The fraction of sp³-hybridized carbons (Fsp3) is 0.294. The Labute approximate surface area is 136 Å². The molecule has 0 spiro atoms. The van der Waals surface area contributed by atoms with Crippen LogP contribution in [0.2, 0.25) is 10.0 Å². The van der Waals surface area contributed by atoms with E-state index in [1.807, 2.05) is 12.1 Å². The van der Waals surface area contributed by atoms with Gasteiger partial charge >= 0.3 is 0 Å². The van der Waals surface area contributed by atoms with Gasteiger partial charge in [0.1, 0.15) is 0 Å². The van der Waals surface area contributed by atoms with Crippen molar-refractivity contribution in [3.8, 4) is 0 Å². The quantitative estimate of drug-likeness (QED) is 0.634. The van der Waals surface area contributed by atoms with Gasteiger partial charge in [-0.15, -0.1) is 0 Å². The van der Waals surface area contributed by atoms with Crippen LogP contribution in [0.1, 0.15) is 33.9 Å². The molecule has 4 heteroatoms. The van der Waals surface area contributed by atoms with Gasteiger partial charge in [-0.05, 0) is 61.6 Å². The van der Waals surface area contributed by atoms with Crippen LogP contribution in [-0.4, -0.2) is 0 Å². The van der Waals surface area contributed by atoms with Gasteiger partial charge in [0, 0.05) is 0 Å². The maximum atomic E-state index is 6.10. The lowest BCUT2D eigenvalue weighted by Crippen LogP contribution is -2.30. The van der Waals surface area contributed by atoms with E-state index in [9.17, 15) is 0 Å². The highest BCUT2D eigenvalue weighted by Crippen LogP contribution is 2.28. The van der Waals surface area contributed by atoms with Crippen molar-refractivity contribution >= 4 is 23.2 Å². The zero-order valence-electron chi connectivity index (χ0n) is 12.5. The first-order valence-corrected chi connectivity index (χ1v) is 7.65. The summed E-state index contributed by atoms with van der Waals surface area (Å²) in [6.45, 7) is 6.39. The second kappa shape index (κ2) is 6.80. The molecule has 0 aromatic heterocycles. The molecule has 0 aliphatic heterocycles. The molecule has 0 heterocycles. The molecule has 1 atom stereocenters. The molecule has 0 saturated carbocycles. The maximum absolute atomic E-state index is 6.10. The number of hydrazine groups is 1. The molecule has 0 aliphatic rings. The van der Waals surface area contributed by atoms with Crippen molar-refractivity contribution in [1.82, 2.24) is 5.43 Å². The highest BCUT2D eigenvalue weighted by atomic mass is 35.5. The zero-order chi connectivity index (χ0) is 15.6. The SMILES string of the molecule is Cc1cc(C)c(CC(NN)c2ccc(Cl)c(Cl)c2)c(C)c1. The standard InChI is InChI=1S/C17H20Cl2N2/c1-10-6-11(2)14(12(3)7-10)9-17(21-20)13-4-5-15(18)16(19)8-13/h4-8,17,21H,9,20H2,1-3H3. The molecular weight excluding hydrogens is 303 g/mol. The number of benzene rings is 2. The molecule has 21 heavy (non-hydrogen) atoms. The lowest BCUT2D eigenvalue weighted by molar-refractivity contribution is 0.549. The summed E-state index contributed by atoms with van der Waals surface area (Å²) in [6.07, 6.45) is 0.812. The highest BCUT2D eigenvalue weighted by Gasteiger charge is 2.15. The lowest BCUT2D eigenvalue weighted by Gasteiger charge is -2.20. The van der Waals surface area contributed by atoms with Gasteiger partial charge in [-0.25, -0.2) is 0 Å². The monoisotopic (exact) mass is 322 g/mol. The Bertz CT molecular complexity index is 630. The summed E-state index contributed by atoms with van der Waals surface area (Å²) in [4.78, 5) is 0. The van der Waals surface area contributed by atoms with Gasteiger partial charge in [0.05, 0.1) is 16.1 Å². The molecule has 3 N–H and O–H groups in total. The summed E-state index contributed by atoms with van der Waals surface area (Å²) in [7, 11) is 0. The van der Waals surface area contributed by atoms with Crippen LogP contribution in [0, 0.1) is 20.8 Å². The number of aryl methyl sites for hydroxylation is 3. The molecular formula is C17H20Cl2N2. The van der Waals surface area contributed by atoms with Gasteiger partial charge in [0.15, 0.2) is 0 Å². The summed E-state index contributed by atoms with van der Waals surface area (Å²) in [5, 5.41) is 1.10. The van der Waals surface area contributed by atoms with Crippen LogP contribution in [0.25, 0.3) is 0 Å². The maximum Gasteiger partial charge on any atom is 0.0595 e. The minimum Gasteiger partial charge on any atom is -0.271 e. The van der Waals surface area contributed by atoms with E-state index in [-0.39, 0.29) is 6.04 Å². The first-order valence-electron chi connectivity index (χ1n) is 6.90. The van der Waals surface area contributed by atoms with Crippen LogP contribution >= 0.6 is 23.2 Å². The molecule has 0 radical (unpaired) electrons. The molecule has 2 aromatic rings. The van der Waals surface area contributed by atoms with Crippen LogP contribution in [-0.2, 0) is 6.42 Å². The Balaban J connectivity index is 2.33. The zero-order valence-corrected chi connectivity index (χ0v) is 14.0. The minimum atomic E-state index is -0.000118. The van der Waals surface area contributed by atoms with Crippen LogP contribution < -0.4 is 11.3 Å². The third-order valence-corrected chi connectivity index (χ3v) is 4.53. The molecule has 0 saturated heterocycles. The van der Waals surface area contributed by atoms with Crippen molar-refractivity contribution < 1.29 is 0 Å². The third kappa shape index (κ3) is 3.78. The molecule has 2 aromatic carbocycles. The van der Waals surface area contributed by atoms with Gasteiger partial charge in [-0.1, -0.05) is 47.0 Å². The normalized spacial score (nSPS) is 12.5. The number of rotatable bonds is 4. The van der Waals surface area contributed by atoms with Crippen molar-refractivity contribution in [2.45, 2.75) is 33.2 Å². The van der Waals surface area contributed by atoms with E-state index >= 15 is 0 Å². The van der Waals surface area contributed by atoms with E-state index in [2.05, 4.69) is 38.3 Å². The van der Waals surface area contributed by atoms with E-state index in [0.29, 0.717) is 10.0 Å². The van der Waals surface area contributed by atoms with E-state index in [0.717, 1.165) is 12.0 Å².